The Hall–Kier alpha value is -3.22. The minimum atomic E-state index is -0.355. The Morgan fingerprint density at radius 1 is 1.19 bits per heavy atom. The molecule has 7 heteroatoms. The van der Waals surface area contributed by atoms with E-state index in [1.807, 2.05) is 12.1 Å². The second-order valence-corrected chi connectivity index (χ2v) is 5.82. The van der Waals surface area contributed by atoms with Gasteiger partial charge in [0.25, 0.3) is 0 Å². The highest BCUT2D eigenvalue weighted by Crippen LogP contribution is 2.22. The minimum Gasteiger partial charge on any atom is -0.489 e. The van der Waals surface area contributed by atoms with E-state index in [-0.39, 0.29) is 17.8 Å². The van der Waals surface area contributed by atoms with Gasteiger partial charge in [-0.25, -0.2) is 4.39 Å². The molecule has 0 saturated heterocycles. The number of hydrogen-bond acceptors (Lipinski definition) is 5. The molecule has 1 unspecified atom stereocenters. The maximum absolute atomic E-state index is 12.9. The van der Waals surface area contributed by atoms with Gasteiger partial charge in [-0.1, -0.05) is 17.3 Å². The van der Waals surface area contributed by atoms with Crippen molar-refractivity contribution < 1.29 is 18.4 Å². The Morgan fingerprint density at radius 2 is 1.88 bits per heavy atom. The van der Waals surface area contributed by atoms with Crippen molar-refractivity contribution in [3.63, 3.8) is 0 Å². The first kappa shape index (κ1) is 17.6. The quantitative estimate of drug-likeness (QED) is 0.730. The van der Waals surface area contributed by atoms with Gasteiger partial charge in [0.15, 0.2) is 0 Å². The molecule has 2 aromatic carbocycles. The van der Waals surface area contributed by atoms with Gasteiger partial charge >= 0.3 is 0 Å². The summed E-state index contributed by atoms with van der Waals surface area (Å²) in [6.45, 7) is 3.55. The van der Waals surface area contributed by atoms with Crippen LogP contribution >= 0.6 is 0 Å². The summed E-state index contributed by atoms with van der Waals surface area (Å²) in [4.78, 5) is 15.4. The Bertz CT molecular complexity index is 876. The molecule has 1 heterocycles. The van der Waals surface area contributed by atoms with E-state index in [1.54, 1.807) is 31.2 Å². The molecule has 1 amide bonds. The summed E-state index contributed by atoms with van der Waals surface area (Å²) in [5.41, 5.74) is 1.65. The number of aromatic nitrogens is 2. The van der Waals surface area contributed by atoms with E-state index < -0.39 is 0 Å². The SMILES string of the molecule is CC(=O)NC(C)c1nc(-c2ccc(OCc3ccc(F)cc3)cc2)no1. The molecular formula is C19H18FN3O3. The highest BCUT2D eigenvalue weighted by molar-refractivity contribution is 5.73. The molecule has 134 valence electrons. The van der Waals surface area contributed by atoms with Crippen LogP contribution in [0.4, 0.5) is 4.39 Å². The molecule has 0 fully saturated rings. The second kappa shape index (κ2) is 7.77. The topological polar surface area (TPSA) is 77.2 Å². The summed E-state index contributed by atoms with van der Waals surface area (Å²) in [5, 5.41) is 6.62. The van der Waals surface area contributed by atoms with Gasteiger partial charge in [-0.3, -0.25) is 4.79 Å². The van der Waals surface area contributed by atoms with Crippen LogP contribution < -0.4 is 10.1 Å². The maximum Gasteiger partial charge on any atom is 0.249 e. The molecule has 0 aliphatic carbocycles. The molecule has 3 aromatic rings. The first-order valence-electron chi connectivity index (χ1n) is 8.09. The average Bonchev–Trinajstić information content (AvgIpc) is 3.11. The van der Waals surface area contributed by atoms with Gasteiger partial charge in [0.2, 0.25) is 17.6 Å². The molecule has 1 N–H and O–H groups in total. The fourth-order valence-corrected chi connectivity index (χ4v) is 2.34. The van der Waals surface area contributed by atoms with Crippen molar-refractivity contribution in [1.82, 2.24) is 15.5 Å². The number of halogens is 1. The molecule has 26 heavy (non-hydrogen) atoms. The molecule has 0 saturated carbocycles. The first-order valence-corrected chi connectivity index (χ1v) is 8.09. The Kier molecular flexibility index (Phi) is 5.26. The predicted octanol–water partition coefficient (Wildman–Crippen LogP) is 3.65. The zero-order valence-electron chi connectivity index (χ0n) is 14.4. The lowest BCUT2D eigenvalue weighted by Crippen LogP contribution is -2.23. The lowest BCUT2D eigenvalue weighted by Gasteiger charge is -2.07. The van der Waals surface area contributed by atoms with E-state index in [1.165, 1.54) is 19.1 Å². The van der Waals surface area contributed by atoms with E-state index >= 15 is 0 Å². The van der Waals surface area contributed by atoms with Crippen molar-refractivity contribution in [2.24, 2.45) is 0 Å². The largest absolute Gasteiger partial charge is 0.489 e. The standard InChI is InChI=1S/C19H18FN3O3/c1-12(21-13(2)24)19-22-18(23-26-19)15-5-9-17(10-6-15)25-11-14-3-7-16(20)8-4-14/h3-10,12H,11H2,1-2H3,(H,21,24). The zero-order chi connectivity index (χ0) is 18.5. The van der Waals surface area contributed by atoms with Crippen LogP contribution in [0, 0.1) is 5.82 Å². The van der Waals surface area contributed by atoms with Gasteiger partial charge in [-0.15, -0.1) is 0 Å². The molecule has 1 aromatic heterocycles. The molecule has 3 rings (SSSR count). The van der Waals surface area contributed by atoms with Crippen molar-refractivity contribution in [3.05, 3.63) is 65.8 Å². The number of carbonyl (C=O) groups excluding carboxylic acids is 1. The summed E-state index contributed by atoms with van der Waals surface area (Å²) in [7, 11) is 0. The fraction of sp³-hybridized carbons (Fsp3) is 0.211. The first-order chi connectivity index (χ1) is 12.5. The number of rotatable bonds is 6. The number of nitrogens with zero attached hydrogens (tertiary/aromatic N) is 2. The highest BCUT2D eigenvalue weighted by atomic mass is 19.1. The van der Waals surface area contributed by atoms with Gasteiger partial charge in [0.1, 0.15) is 24.2 Å². The Balaban J connectivity index is 1.63. The number of carbonyl (C=O) groups is 1. The van der Waals surface area contributed by atoms with Crippen LogP contribution in [-0.4, -0.2) is 16.0 Å². The normalized spacial score (nSPS) is 11.8. The molecule has 6 nitrogen and oxygen atoms in total. The van der Waals surface area contributed by atoms with Gasteiger partial charge < -0.3 is 14.6 Å². The van der Waals surface area contributed by atoms with Crippen LogP contribution in [0.25, 0.3) is 11.4 Å². The van der Waals surface area contributed by atoms with E-state index in [0.717, 1.165) is 11.1 Å². The number of hydrogen-bond donors (Lipinski definition) is 1. The van der Waals surface area contributed by atoms with Crippen LogP contribution in [-0.2, 0) is 11.4 Å². The van der Waals surface area contributed by atoms with Crippen molar-refractivity contribution in [1.29, 1.82) is 0 Å². The lowest BCUT2D eigenvalue weighted by atomic mass is 10.2. The zero-order valence-corrected chi connectivity index (χ0v) is 14.4. The second-order valence-electron chi connectivity index (χ2n) is 5.82. The molecule has 1 atom stereocenters. The number of nitrogens with one attached hydrogen (secondary N) is 1. The molecular weight excluding hydrogens is 337 g/mol. The van der Waals surface area contributed by atoms with E-state index in [4.69, 9.17) is 9.26 Å². The summed E-state index contributed by atoms with van der Waals surface area (Å²) in [6, 6.07) is 13.0. The minimum absolute atomic E-state index is 0.167. The van der Waals surface area contributed by atoms with E-state index in [0.29, 0.717) is 24.1 Å². The number of amides is 1. The van der Waals surface area contributed by atoms with Gasteiger partial charge in [-0.2, -0.15) is 4.98 Å². The molecule has 0 bridgehead atoms. The van der Waals surface area contributed by atoms with E-state index in [2.05, 4.69) is 15.5 Å². The molecule has 0 spiro atoms. The molecule has 0 aliphatic heterocycles. The number of ether oxygens (including phenoxy) is 1. The molecule has 0 radical (unpaired) electrons. The molecule has 0 aliphatic rings. The van der Waals surface area contributed by atoms with Crippen molar-refractivity contribution >= 4 is 5.91 Å². The van der Waals surface area contributed by atoms with Crippen LogP contribution in [0.3, 0.4) is 0 Å². The van der Waals surface area contributed by atoms with Crippen molar-refractivity contribution in [2.75, 3.05) is 0 Å². The van der Waals surface area contributed by atoms with Crippen LogP contribution in [0.5, 0.6) is 5.75 Å². The third kappa shape index (κ3) is 4.44. The van der Waals surface area contributed by atoms with Crippen molar-refractivity contribution in [2.45, 2.75) is 26.5 Å². The fourth-order valence-electron chi connectivity index (χ4n) is 2.34. The monoisotopic (exact) mass is 355 g/mol. The van der Waals surface area contributed by atoms with Gasteiger partial charge in [0.05, 0.1) is 0 Å². The summed E-state index contributed by atoms with van der Waals surface area (Å²) >= 11 is 0. The van der Waals surface area contributed by atoms with E-state index in [9.17, 15) is 9.18 Å². The lowest BCUT2D eigenvalue weighted by molar-refractivity contribution is -0.119. The summed E-state index contributed by atoms with van der Waals surface area (Å²) < 4.78 is 23.8. The Morgan fingerprint density at radius 3 is 2.54 bits per heavy atom. The Labute approximate surface area is 150 Å². The van der Waals surface area contributed by atoms with Gasteiger partial charge in [0, 0.05) is 12.5 Å². The highest BCUT2D eigenvalue weighted by Gasteiger charge is 2.15. The van der Waals surface area contributed by atoms with Gasteiger partial charge in [-0.05, 0) is 48.9 Å². The van der Waals surface area contributed by atoms with Crippen LogP contribution in [0.15, 0.2) is 53.1 Å². The average molecular weight is 355 g/mol. The third-order valence-corrected chi connectivity index (χ3v) is 3.66. The van der Waals surface area contributed by atoms with Crippen LogP contribution in [0.2, 0.25) is 0 Å². The summed E-state index contributed by atoms with van der Waals surface area (Å²) in [5.74, 6) is 1.01. The van der Waals surface area contributed by atoms with Crippen molar-refractivity contribution in [3.8, 4) is 17.1 Å². The summed E-state index contributed by atoms with van der Waals surface area (Å²) in [6.07, 6.45) is 0. The maximum atomic E-state index is 12.9. The number of benzene rings is 2. The van der Waals surface area contributed by atoms with Crippen LogP contribution in [0.1, 0.15) is 31.3 Å². The third-order valence-electron chi connectivity index (χ3n) is 3.66. The smallest absolute Gasteiger partial charge is 0.249 e. The predicted molar refractivity (Wildman–Crippen MR) is 92.7 cm³/mol.